The Bertz CT molecular complexity index is 1310. The zero-order chi connectivity index (χ0) is 22.9. The molecule has 1 saturated heterocycles. The first-order valence-corrected chi connectivity index (χ1v) is 11.6. The highest BCUT2D eigenvalue weighted by molar-refractivity contribution is 6.30. The molecule has 7 heteroatoms. The van der Waals surface area contributed by atoms with Gasteiger partial charge in [0.25, 0.3) is 0 Å². The number of hydrogen-bond acceptors (Lipinski definition) is 4. The average molecular weight is 460 g/mol. The van der Waals surface area contributed by atoms with Crippen molar-refractivity contribution in [1.29, 1.82) is 0 Å². The lowest BCUT2D eigenvalue weighted by atomic mass is 9.95. The molecule has 1 aliphatic rings. The molecule has 4 aromatic rings. The number of carbonyl (C=O) groups is 1. The van der Waals surface area contributed by atoms with Crippen molar-refractivity contribution in [2.45, 2.75) is 26.7 Å². The highest BCUT2D eigenvalue weighted by Crippen LogP contribution is 2.28. The summed E-state index contributed by atoms with van der Waals surface area (Å²) in [6, 6.07) is 19.7. The van der Waals surface area contributed by atoms with Crippen LogP contribution in [0.25, 0.3) is 16.9 Å². The maximum absolute atomic E-state index is 12.8. The quantitative estimate of drug-likeness (QED) is 0.436. The van der Waals surface area contributed by atoms with Crippen molar-refractivity contribution < 1.29 is 4.79 Å². The van der Waals surface area contributed by atoms with Gasteiger partial charge in [0, 0.05) is 53.1 Å². The Morgan fingerprint density at radius 2 is 1.79 bits per heavy atom. The highest BCUT2D eigenvalue weighted by Gasteiger charge is 2.27. The van der Waals surface area contributed by atoms with E-state index in [-0.39, 0.29) is 11.8 Å². The first-order valence-electron chi connectivity index (χ1n) is 11.2. The summed E-state index contributed by atoms with van der Waals surface area (Å²) in [7, 11) is 0. The van der Waals surface area contributed by atoms with Gasteiger partial charge in [0.2, 0.25) is 5.91 Å². The van der Waals surface area contributed by atoms with Crippen LogP contribution in [0.15, 0.2) is 60.7 Å². The number of aryl methyl sites for hydroxylation is 2. The van der Waals surface area contributed by atoms with Crippen molar-refractivity contribution in [3.63, 3.8) is 0 Å². The lowest BCUT2D eigenvalue weighted by molar-refractivity contribution is -0.120. The smallest absolute Gasteiger partial charge is 0.227 e. The largest absolute Gasteiger partial charge is 0.356 e. The molecule has 3 heterocycles. The molecule has 0 spiro atoms. The number of benzene rings is 2. The lowest BCUT2D eigenvalue weighted by Crippen LogP contribution is -2.39. The summed E-state index contributed by atoms with van der Waals surface area (Å²) >= 11 is 6.04. The number of halogens is 1. The Balaban J connectivity index is 1.33. The second-order valence-electron chi connectivity index (χ2n) is 8.68. The Kier molecular flexibility index (Phi) is 5.77. The van der Waals surface area contributed by atoms with Crippen molar-refractivity contribution in [3.8, 4) is 11.3 Å². The van der Waals surface area contributed by atoms with E-state index in [1.54, 1.807) is 0 Å². The Morgan fingerprint density at radius 1 is 1.03 bits per heavy atom. The van der Waals surface area contributed by atoms with E-state index < -0.39 is 0 Å². The predicted octanol–water partition coefficient (Wildman–Crippen LogP) is 5.52. The standard InChI is InChI=1S/C26H26ClN5O/c1-17-4-3-5-22(14-17)29-26(33)20-10-12-31(13-11-20)25-15-18(2)28-24-16-23(30-32(24)25)19-6-8-21(27)9-7-19/h3-9,14-16,20H,10-13H2,1-2H3,(H,29,33). The molecule has 1 amide bonds. The number of carbonyl (C=O) groups excluding carboxylic acids is 1. The number of fused-ring (bicyclic) bond motifs is 1. The number of anilines is 2. The van der Waals surface area contributed by atoms with E-state index in [1.807, 2.05) is 73.0 Å². The average Bonchev–Trinajstić information content (AvgIpc) is 3.23. The normalized spacial score (nSPS) is 14.6. The van der Waals surface area contributed by atoms with Crippen LogP contribution in [0, 0.1) is 19.8 Å². The molecule has 168 valence electrons. The first kappa shape index (κ1) is 21.5. The molecule has 2 aromatic carbocycles. The van der Waals surface area contributed by atoms with E-state index in [2.05, 4.69) is 21.3 Å². The third kappa shape index (κ3) is 4.57. The molecule has 0 radical (unpaired) electrons. The van der Waals surface area contributed by atoms with Crippen molar-refractivity contribution in [2.75, 3.05) is 23.3 Å². The number of nitrogens with zero attached hydrogens (tertiary/aromatic N) is 4. The van der Waals surface area contributed by atoms with Crippen molar-refractivity contribution in [3.05, 3.63) is 76.9 Å². The Labute approximate surface area is 198 Å². The molecular formula is C26H26ClN5O. The second-order valence-corrected chi connectivity index (χ2v) is 9.12. The molecule has 0 atom stereocenters. The summed E-state index contributed by atoms with van der Waals surface area (Å²) < 4.78 is 1.91. The van der Waals surface area contributed by atoms with Crippen LogP contribution in [0.1, 0.15) is 24.1 Å². The molecule has 1 N–H and O–H groups in total. The van der Waals surface area contributed by atoms with E-state index in [1.165, 1.54) is 0 Å². The van der Waals surface area contributed by atoms with Crippen LogP contribution in [0.5, 0.6) is 0 Å². The van der Waals surface area contributed by atoms with Gasteiger partial charge >= 0.3 is 0 Å². The predicted molar refractivity (Wildman–Crippen MR) is 133 cm³/mol. The lowest BCUT2D eigenvalue weighted by Gasteiger charge is -2.33. The maximum Gasteiger partial charge on any atom is 0.227 e. The Morgan fingerprint density at radius 3 is 2.52 bits per heavy atom. The summed E-state index contributed by atoms with van der Waals surface area (Å²) in [6.07, 6.45) is 1.59. The van der Waals surface area contributed by atoms with Gasteiger partial charge in [-0.1, -0.05) is 35.9 Å². The fourth-order valence-electron chi connectivity index (χ4n) is 4.41. The van der Waals surface area contributed by atoms with E-state index >= 15 is 0 Å². The number of rotatable bonds is 4. The van der Waals surface area contributed by atoms with Crippen LogP contribution >= 0.6 is 11.6 Å². The minimum absolute atomic E-state index is 0.00226. The van der Waals surface area contributed by atoms with E-state index in [4.69, 9.17) is 16.7 Å². The van der Waals surface area contributed by atoms with Gasteiger partial charge in [-0.25, -0.2) is 4.98 Å². The number of piperidine rings is 1. The minimum atomic E-state index is 0.00226. The summed E-state index contributed by atoms with van der Waals surface area (Å²) in [5.41, 5.74) is 5.61. The molecule has 1 aliphatic heterocycles. The monoisotopic (exact) mass is 459 g/mol. The summed E-state index contributed by atoms with van der Waals surface area (Å²) in [6.45, 7) is 5.61. The van der Waals surface area contributed by atoms with E-state index in [9.17, 15) is 4.79 Å². The molecule has 1 fully saturated rings. The molecule has 5 rings (SSSR count). The molecule has 33 heavy (non-hydrogen) atoms. The zero-order valence-corrected chi connectivity index (χ0v) is 19.5. The van der Waals surface area contributed by atoms with Gasteiger partial charge in [-0.05, 0) is 56.5 Å². The SMILES string of the molecule is Cc1cccc(NC(=O)C2CCN(c3cc(C)nc4cc(-c5ccc(Cl)cc5)nn34)CC2)c1. The number of amides is 1. The summed E-state index contributed by atoms with van der Waals surface area (Å²) in [5.74, 6) is 1.11. The molecule has 2 aromatic heterocycles. The van der Waals surface area contributed by atoms with Gasteiger partial charge in [-0.15, -0.1) is 0 Å². The van der Waals surface area contributed by atoms with Gasteiger partial charge in [-0.3, -0.25) is 4.79 Å². The van der Waals surface area contributed by atoms with Crippen LogP contribution in [0.2, 0.25) is 5.02 Å². The third-order valence-electron chi connectivity index (χ3n) is 6.15. The maximum atomic E-state index is 12.8. The van der Waals surface area contributed by atoms with Crippen LogP contribution in [-0.4, -0.2) is 33.6 Å². The third-order valence-corrected chi connectivity index (χ3v) is 6.40. The number of nitrogens with one attached hydrogen (secondary N) is 1. The van der Waals surface area contributed by atoms with Gasteiger partial charge in [0.15, 0.2) is 5.65 Å². The Hall–Kier alpha value is -3.38. The van der Waals surface area contributed by atoms with E-state index in [0.717, 1.165) is 65.6 Å². The molecule has 0 unspecified atom stereocenters. The molecular weight excluding hydrogens is 434 g/mol. The number of hydrogen-bond donors (Lipinski definition) is 1. The topological polar surface area (TPSA) is 62.5 Å². The fraction of sp³-hybridized carbons (Fsp3) is 0.269. The zero-order valence-electron chi connectivity index (χ0n) is 18.8. The van der Waals surface area contributed by atoms with Crippen molar-refractivity contribution >= 4 is 34.7 Å². The van der Waals surface area contributed by atoms with Gasteiger partial charge in [0.05, 0.1) is 5.69 Å². The van der Waals surface area contributed by atoms with Gasteiger partial charge in [-0.2, -0.15) is 9.61 Å². The van der Waals surface area contributed by atoms with Gasteiger partial charge in [0.1, 0.15) is 5.82 Å². The van der Waals surface area contributed by atoms with E-state index in [0.29, 0.717) is 5.02 Å². The second kappa shape index (κ2) is 8.87. The van der Waals surface area contributed by atoms with Crippen LogP contribution in [0.3, 0.4) is 0 Å². The fourth-order valence-corrected chi connectivity index (χ4v) is 4.53. The molecule has 0 saturated carbocycles. The van der Waals surface area contributed by atoms with Crippen molar-refractivity contribution in [2.24, 2.45) is 5.92 Å². The molecule has 0 bridgehead atoms. The van der Waals surface area contributed by atoms with Crippen molar-refractivity contribution in [1.82, 2.24) is 14.6 Å². The van der Waals surface area contributed by atoms with Crippen LogP contribution < -0.4 is 10.2 Å². The highest BCUT2D eigenvalue weighted by atomic mass is 35.5. The van der Waals surface area contributed by atoms with Crippen LogP contribution in [-0.2, 0) is 4.79 Å². The van der Waals surface area contributed by atoms with Gasteiger partial charge < -0.3 is 10.2 Å². The number of aromatic nitrogens is 3. The summed E-state index contributed by atoms with van der Waals surface area (Å²) in [5, 5.41) is 8.61. The summed E-state index contributed by atoms with van der Waals surface area (Å²) in [4.78, 5) is 19.8. The first-order chi connectivity index (χ1) is 16.0. The van der Waals surface area contributed by atoms with Crippen LogP contribution in [0.4, 0.5) is 11.5 Å². The molecule has 6 nitrogen and oxygen atoms in total. The minimum Gasteiger partial charge on any atom is -0.356 e. The molecule has 0 aliphatic carbocycles.